The van der Waals surface area contributed by atoms with Crippen molar-refractivity contribution in [2.24, 2.45) is 0 Å². The number of amides is 1. The number of nitrogens with one attached hydrogen (secondary N) is 1. The van der Waals surface area contributed by atoms with Crippen LogP contribution in [0.1, 0.15) is 12.5 Å². The van der Waals surface area contributed by atoms with Crippen molar-refractivity contribution in [3.63, 3.8) is 0 Å². The molecule has 0 saturated carbocycles. The second kappa shape index (κ2) is 6.80. The summed E-state index contributed by atoms with van der Waals surface area (Å²) < 4.78 is 7.09. The summed E-state index contributed by atoms with van der Waals surface area (Å²) in [6.45, 7) is 1.32. The maximum atomic E-state index is 12.8. The molecule has 1 amide bonds. The Labute approximate surface area is 144 Å². The Balaban J connectivity index is 2.04. The summed E-state index contributed by atoms with van der Waals surface area (Å²) in [6.07, 6.45) is 0. The molecule has 0 fully saturated rings. The van der Waals surface area contributed by atoms with Gasteiger partial charge in [-0.15, -0.1) is 0 Å². The van der Waals surface area contributed by atoms with E-state index in [1.165, 1.54) is 18.9 Å². The van der Waals surface area contributed by atoms with E-state index >= 15 is 0 Å². The predicted octanol–water partition coefficient (Wildman–Crippen LogP) is 3.51. The lowest BCUT2D eigenvalue weighted by Gasteiger charge is -2.29. The van der Waals surface area contributed by atoms with Crippen LogP contribution in [-0.4, -0.2) is 23.2 Å². The number of para-hydroxylation sites is 1. The first-order chi connectivity index (χ1) is 11.6. The summed E-state index contributed by atoms with van der Waals surface area (Å²) in [6, 6.07) is 16.7. The number of carbonyl (C=O) groups excluding carboxylic acids is 2. The first-order valence-corrected chi connectivity index (χ1v) is 8.14. The highest BCUT2D eigenvalue weighted by atomic mass is 32.2. The Morgan fingerprint density at radius 2 is 1.71 bits per heavy atom. The molecule has 0 atom stereocenters. The van der Waals surface area contributed by atoms with Gasteiger partial charge in [0.25, 0.3) is 5.91 Å². The Bertz CT molecular complexity index is 818. The van der Waals surface area contributed by atoms with E-state index in [9.17, 15) is 9.59 Å². The van der Waals surface area contributed by atoms with Gasteiger partial charge in [-0.2, -0.15) is 0 Å². The molecular formula is C18H16N2O3S. The van der Waals surface area contributed by atoms with Crippen LogP contribution in [0.5, 0.6) is 0 Å². The third kappa shape index (κ3) is 3.28. The molecule has 0 radical (unpaired) electrons. The molecule has 6 heteroatoms. The summed E-state index contributed by atoms with van der Waals surface area (Å²) in [5, 5.41) is 2.83. The van der Waals surface area contributed by atoms with Gasteiger partial charge in [-0.1, -0.05) is 30.3 Å². The van der Waals surface area contributed by atoms with Crippen LogP contribution in [0.3, 0.4) is 0 Å². The highest BCUT2D eigenvalue weighted by Gasteiger charge is 2.30. The van der Waals surface area contributed by atoms with Crippen LogP contribution in [0, 0.1) is 0 Å². The van der Waals surface area contributed by atoms with Crippen LogP contribution in [0.2, 0.25) is 0 Å². The quantitative estimate of drug-likeness (QED) is 0.684. The zero-order chi connectivity index (χ0) is 17.1. The molecule has 0 bridgehead atoms. The number of ether oxygens (including phenoxy) is 1. The molecule has 24 heavy (non-hydrogen) atoms. The topological polar surface area (TPSA) is 58.6 Å². The summed E-state index contributed by atoms with van der Waals surface area (Å²) in [7, 11) is 1.77. The Morgan fingerprint density at radius 3 is 2.42 bits per heavy atom. The molecule has 2 aromatic carbocycles. The van der Waals surface area contributed by atoms with Gasteiger partial charge in [-0.25, -0.2) is 0 Å². The van der Waals surface area contributed by atoms with Crippen molar-refractivity contribution in [1.29, 1.82) is 0 Å². The van der Waals surface area contributed by atoms with Gasteiger partial charge in [0.15, 0.2) is 11.5 Å². The lowest BCUT2D eigenvalue weighted by molar-refractivity contribution is -0.134. The van der Waals surface area contributed by atoms with E-state index in [2.05, 4.69) is 5.32 Å². The molecule has 122 valence electrons. The average molecular weight is 340 g/mol. The molecule has 1 heterocycles. The smallest absolute Gasteiger partial charge is 0.308 e. The van der Waals surface area contributed by atoms with Crippen molar-refractivity contribution in [2.75, 3.05) is 12.4 Å². The average Bonchev–Trinajstić information content (AvgIpc) is 2.55. The van der Waals surface area contributed by atoms with E-state index in [0.29, 0.717) is 11.4 Å². The van der Waals surface area contributed by atoms with E-state index < -0.39 is 5.97 Å². The van der Waals surface area contributed by atoms with E-state index in [1.807, 2.05) is 42.5 Å². The molecule has 2 aromatic rings. The molecule has 0 spiro atoms. The second-order valence-corrected chi connectivity index (χ2v) is 6.35. The first kappa shape index (κ1) is 16.1. The fourth-order valence-electron chi connectivity index (χ4n) is 2.40. The SMILES string of the molecule is CC(=O)OC1=C(C(=O)Nc2ccccc2)N(C)Sc2ccccc21. The van der Waals surface area contributed by atoms with Crippen molar-refractivity contribution >= 4 is 35.3 Å². The van der Waals surface area contributed by atoms with E-state index in [1.54, 1.807) is 23.5 Å². The minimum absolute atomic E-state index is 0.271. The minimum atomic E-state index is -0.467. The van der Waals surface area contributed by atoms with Gasteiger partial charge in [-0.05, 0) is 36.2 Å². The van der Waals surface area contributed by atoms with Crippen molar-refractivity contribution in [2.45, 2.75) is 11.8 Å². The number of carbonyl (C=O) groups is 2. The predicted molar refractivity (Wildman–Crippen MR) is 93.8 cm³/mol. The number of fused-ring (bicyclic) bond motifs is 1. The summed E-state index contributed by atoms with van der Waals surface area (Å²) in [4.78, 5) is 25.2. The summed E-state index contributed by atoms with van der Waals surface area (Å²) in [5.74, 6) is -0.528. The monoisotopic (exact) mass is 340 g/mol. The number of rotatable bonds is 3. The van der Waals surface area contributed by atoms with Crippen LogP contribution >= 0.6 is 11.9 Å². The van der Waals surface area contributed by atoms with Gasteiger partial charge in [0.1, 0.15) is 0 Å². The maximum Gasteiger partial charge on any atom is 0.308 e. The van der Waals surface area contributed by atoms with E-state index in [4.69, 9.17) is 4.74 Å². The van der Waals surface area contributed by atoms with Crippen molar-refractivity contribution < 1.29 is 14.3 Å². The van der Waals surface area contributed by atoms with Gasteiger partial charge in [0.05, 0.1) is 0 Å². The van der Waals surface area contributed by atoms with Crippen molar-refractivity contribution in [3.8, 4) is 0 Å². The number of anilines is 1. The number of nitrogens with zero attached hydrogens (tertiary/aromatic N) is 1. The standard InChI is InChI=1S/C18H16N2O3S/c1-12(21)23-17-14-10-6-7-11-15(14)24-20(2)16(17)18(22)19-13-8-4-3-5-9-13/h3-11H,1-2H3,(H,19,22). The summed E-state index contributed by atoms with van der Waals surface area (Å²) in [5.41, 5.74) is 1.71. The fraction of sp³-hybridized carbons (Fsp3) is 0.111. The molecule has 0 unspecified atom stereocenters. The van der Waals surface area contributed by atoms with Gasteiger partial charge < -0.3 is 14.4 Å². The highest BCUT2D eigenvalue weighted by molar-refractivity contribution is 7.97. The molecule has 5 nitrogen and oxygen atoms in total. The molecular weight excluding hydrogens is 324 g/mol. The highest BCUT2D eigenvalue weighted by Crippen LogP contribution is 2.40. The third-order valence-corrected chi connectivity index (χ3v) is 4.40. The van der Waals surface area contributed by atoms with Gasteiger partial charge >= 0.3 is 5.97 Å². The normalized spacial score (nSPS) is 13.3. The Kier molecular flexibility index (Phi) is 4.57. The maximum absolute atomic E-state index is 12.8. The lowest BCUT2D eigenvalue weighted by atomic mass is 10.1. The number of hydrogen-bond acceptors (Lipinski definition) is 5. The van der Waals surface area contributed by atoms with Crippen LogP contribution in [-0.2, 0) is 14.3 Å². The van der Waals surface area contributed by atoms with E-state index in [0.717, 1.165) is 10.5 Å². The second-order valence-electron chi connectivity index (χ2n) is 5.18. The zero-order valence-electron chi connectivity index (χ0n) is 13.3. The number of likely N-dealkylation sites (N-methyl/N-ethyl adjacent to an activating group) is 1. The van der Waals surface area contributed by atoms with Crippen LogP contribution in [0.25, 0.3) is 5.76 Å². The minimum Gasteiger partial charge on any atom is -0.424 e. The number of hydrogen-bond donors (Lipinski definition) is 1. The number of esters is 1. The molecule has 0 saturated heterocycles. The Morgan fingerprint density at radius 1 is 1.04 bits per heavy atom. The molecule has 1 aliphatic heterocycles. The lowest BCUT2D eigenvalue weighted by Crippen LogP contribution is -2.28. The first-order valence-electron chi connectivity index (χ1n) is 7.36. The number of benzene rings is 2. The largest absolute Gasteiger partial charge is 0.424 e. The van der Waals surface area contributed by atoms with Crippen molar-refractivity contribution in [3.05, 3.63) is 65.9 Å². The molecule has 1 N–H and O–H groups in total. The summed E-state index contributed by atoms with van der Waals surface area (Å²) >= 11 is 1.41. The van der Waals surface area contributed by atoms with Crippen LogP contribution < -0.4 is 5.32 Å². The Hall–Kier alpha value is -2.73. The fourth-order valence-corrected chi connectivity index (χ4v) is 3.35. The third-order valence-electron chi connectivity index (χ3n) is 3.39. The molecule has 1 aliphatic rings. The van der Waals surface area contributed by atoms with Crippen LogP contribution in [0.15, 0.2) is 65.2 Å². The zero-order valence-corrected chi connectivity index (χ0v) is 14.1. The van der Waals surface area contributed by atoms with Gasteiger partial charge in [0, 0.05) is 30.1 Å². The van der Waals surface area contributed by atoms with E-state index in [-0.39, 0.29) is 11.7 Å². The van der Waals surface area contributed by atoms with Gasteiger partial charge in [-0.3, -0.25) is 9.59 Å². The van der Waals surface area contributed by atoms with Gasteiger partial charge in [0.2, 0.25) is 0 Å². The van der Waals surface area contributed by atoms with Crippen molar-refractivity contribution in [1.82, 2.24) is 4.31 Å². The molecule has 3 rings (SSSR count). The molecule has 0 aliphatic carbocycles. The van der Waals surface area contributed by atoms with Crippen LogP contribution in [0.4, 0.5) is 5.69 Å². The molecule has 0 aromatic heterocycles.